The Balaban J connectivity index is 1.83. The highest BCUT2D eigenvalue weighted by atomic mass is 19.1. The number of carboxylic acids is 1. The maximum atomic E-state index is 15.3. The summed E-state index contributed by atoms with van der Waals surface area (Å²) in [5.41, 5.74) is 5.00. The van der Waals surface area contributed by atoms with E-state index in [1.807, 2.05) is 0 Å². The molecule has 29 heavy (non-hydrogen) atoms. The van der Waals surface area contributed by atoms with Crippen LogP contribution in [0.4, 0.5) is 8.78 Å². The molecule has 3 aliphatic rings. The van der Waals surface area contributed by atoms with Gasteiger partial charge in [-0.15, -0.1) is 0 Å². The van der Waals surface area contributed by atoms with E-state index in [1.54, 1.807) is 0 Å². The molecule has 5 atom stereocenters. The zero-order valence-electron chi connectivity index (χ0n) is 15.7. The predicted molar refractivity (Wildman–Crippen MR) is 101 cm³/mol. The van der Waals surface area contributed by atoms with Crippen molar-refractivity contribution in [1.82, 2.24) is 9.88 Å². The third kappa shape index (κ3) is 2.40. The van der Waals surface area contributed by atoms with Gasteiger partial charge in [-0.25, -0.2) is 13.6 Å². The number of methoxy groups -OCH3 is 1. The number of aromatic carboxylic acids is 1. The van der Waals surface area contributed by atoms with E-state index in [9.17, 15) is 19.1 Å². The van der Waals surface area contributed by atoms with Gasteiger partial charge in [0.15, 0.2) is 5.75 Å². The van der Waals surface area contributed by atoms with Gasteiger partial charge in [-0.1, -0.05) is 0 Å². The third-order valence-electron chi connectivity index (χ3n) is 6.81. The minimum atomic E-state index is -1.44. The molecule has 4 N–H and O–H groups in total. The number of carbonyl (C=O) groups is 1. The molecule has 0 spiro atoms. The Morgan fingerprint density at radius 2 is 2.21 bits per heavy atom. The second-order valence-corrected chi connectivity index (χ2v) is 8.29. The number of hydrogen-bond donors (Lipinski definition) is 3. The minimum Gasteiger partial charge on any atom is -0.494 e. The Morgan fingerprint density at radius 1 is 1.48 bits per heavy atom. The van der Waals surface area contributed by atoms with Crippen LogP contribution in [-0.4, -0.2) is 41.0 Å². The molecule has 2 aromatic rings. The highest BCUT2D eigenvalue weighted by Gasteiger charge is 2.55. The lowest BCUT2D eigenvalue weighted by molar-refractivity contribution is 0.0694. The maximum absolute atomic E-state index is 15.3. The van der Waals surface area contributed by atoms with Crippen LogP contribution in [0.1, 0.15) is 47.3 Å². The molecule has 2 aliphatic carbocycles. The summed E-state index contributed by atoms with van der Waals surface area (Å²) < 4.78 is 36.2. The fourth-order valence-corrected chi connectivity index (χ4v) is 4.97. The molecular weight excluding hydrogens is 384 g/mol. The number of hydrogen-bond acceptors (Lipinski definition) is 5. The van der Waals surface area contributed by atoms with Gasteiger partial charge < -0.3 is 25.5 Å². The largest absolute Gasteiger partial charge is 0.494 e. The number of rotatable bonds is 4. The summed E-state index contributed by atoms with van der Waals surface area (Å²) >= 11 is 0. The first-order valence-corrected chi connectivity index (χ1v) is 9.62. The second-order valence-electron chi connectivity index (χ2n) is 8.29. The van der Waals surface area contributed by atoms with Gasteiger partial charge in [-0.05, 0) is 24.8 Å². The molecule has 2 unspecified atom stereocenters. The SMILES string of the molecule is COc1c(C2NCC3CC[C@]32N)c(F)cc2c(=O)c(C(=O)O)cn([C@@H]3C[C@@H]3F)c12. The predicted octanol–water partition coefficient (Wildman–Crippen LogP) is 1.88. The molecule has 154 valence electrons. The lowest BCUT2D eigenvalue weighted by atomic mass is 9.65. The molecule has 0 radical (unpaired) electrons. The number of nitrogens with zero attached hydrogens (tertiary/aromatic N) is 1. The van der Waals surface area contributed by atoms with Gasteiger partial charge in [0, 0.05) is 24.7 Å². The van der Waals surface area contributed by atoms with Gasteiger partial charge in [-0.3, -0.25) is 4.79 Å². The smallest absolute Gasteiger partial charge is 0.341 e. The fourth-order valence-electron chi connectivity index (χ4n) is 4.97. The maximum Gasteiger partial charge on any atom is 0.341 e. The second kappa shape index (κ2) is 5.99. The quantitative estimate of drug-likeness (QED) is 0.717. The molecule has 1 aromatic carbocycles. The first-order chi connectivity index (χ1) is 13.8. The lowest BCUT2D eigenvalue weighted by Crippen LogP contribution is -2.56. The number of fused-ring (bicyclic) bond motifs is 2. The van der Waals surface area contributed by atoms with Crippen LogP contribution < -0.4 is 21.2 Å². The number of ether oxygens (including phenoxy) is 1. The van der Waals surface area contributed by atoms with Crippen molar-refractivity contribution < 1.29 is 23.4 Å². The van der Waals surface area contributed by atoms with Gasteiger partial charge in [0.25, 0.3) is 0 Å². The van der Waals surface area contributed by atoms with E-state index in [0.717, 1.165) is 25.1 Å². The number of benzene rings is 1. The van der Waals surface area contributed by atoms with Crippen molar-refractivity contribution in [1.29, 1.82) is 0 Å². The summed E-state index contributed by atoms with van der Waals surface area (Å²) in [6, 6.07) is -0.0996. The monoisotopic (exact) mass is 405 g/mol. The number of alkyl halides is 1. The Labute approximate surface area is 164 Å². The minimum absolute atomic E-state index is 0.100. The van der Waals surface area contributed by atoms with E-state index in [0.29, 0.717) is 6.54 Å². The number of aromatic nitrogens is 1. The molecular formula is C20H21F2N3O4. The van der Waals surface area contributed by atoms with E-state index >= 15 is 4.39 Å². The summed E-state index contributed by atoms with van der Waals surface area (Å²) in [6.07, 6.45) is 1.85. The molecule has 5 rings (SSSR count). The highest BCUT2D eigenvalue weighted by molar-refractivity contribution is 5.95. The van der Waals surface area contributed by atoms with Crippen LogP contribution in [-0.2, 0) is 0 Å². The van der Waals surface area contributed by atoms with Crippen LogP contribution >= 0.6 is 0 Å². The van der Waals surface area contributed by atoms with Crippen molar-refractivity contribution in [3.05, 3.63) is 39.4 Å². The van der Waals surface area contributed by atoms with E-state index in [4.69, 9.17) is 10.5 Å². The van der Waals surface area contributed by atoms with E-state index in [-0.39, 0.29) is 34.6 Å². The van der Waals surface area contributed by atoms with E-state index in [1.165, 1.54) is 11.7 Å². The van der Waals surface area contributed by atoms with Crippen LogP contribution in [0.25, 0.3) is 10.9 Å². The van der Waals surface area contributed by atoms with Crippen LogP contribution in [0.15, 0.2) is 17.1 Å². The number of nitrogens with two attached hydrogens (primary N) is 1. The van der Waals surface area contributed by atoms with E-state index < -0.39 is 46.6 Å². The van der Waals surface area contributed by atoms with Gasteiger partial charge >= 0.3 is 5.97 Å². The summed E-state index contributed by atoms with van der Waals surface area (Å²) in [4.78, 5) is 24.3. The van der Waals surface area contributed by atoms with Crippen molar-refractivity contribution in [3.63, 3.8) is 0 Å². The Morgan fingerprint density at radius 3 is 2.72 bits per heavy atom. The third-order valence-corrected chi connectivity index (χ3v) is 6.81. The molecule has 0 amide bonds. The number of pyridine rings is 1. The van der Waals surface area contributed by atoms with E-state index in [2.05, 4.69) is 5.32 Å². The number of halogens is 2. The molecule has 7 nitrogen and oxygen atoms in total. The zero-order chi connectivity index (χ0) is 20.7. The molecule has 3 fully saturated rings. The van der Waals surface area contributed by atoms with Crippen molar-refractivity contribution in [3.8, 4) is 5.75 Å². The van der Waals surface area contributed by atoms with Crippen LogP contribution in [0.2, 0.25) is 0 Å². The van der Waals surface area contributed by atoms with Crippen LogP contribution in [0, 0.1) is 11.7 Å². The number of carboxylic acid groups (broad SMARTS) is 1. The summed E-state index contributed by atoms with van der Waals surface area (Å²) in [5, 5.41) is 12.5. The fraction of sp³-hybridized carbons (Fsp3) is 0.500. The Bertz CT molecular complexity index is 1120. The van der Waals surface area contributed by atoms with Crippen LogP contribution in [0.5, 0.6) is 5.75 Å². The molecule has 1 aliphatic heterocycles. The zero-order valence-corrected chi connectivity index (χ0v) is 15.7. The Kier molecular flexibility index (Phi) is 3.82. The first-order valence-electron chi connectivity index (χ1n) is 9.62. The van der Waals surface area contributed by atoms with Gasteiger partial charge in [0.1, 0.15) is 17.6 Å². The normalized spacial score (nSPS) is 32.7. The molecule has 2 saturated carbocycles. The van der Waals surface area contributed by atoms with Gasteiger partial charge in [-0.2, -0.15) is 0 Å². The average molecular weight is 405 g/mol. The molecule has 1 aromatic heterocycles. The highest BCUT2D eigenvalue weighted by Crippen LogP contribution is 2.52. The molecule has 0 bridgehead atoms. The van der Waals surface area contributed by atoms with Crippen molar-refractivity contribution in [2.24, 2.45) is 11.7 Å². The standard InChI is InChI=1S/C20H21F2N3O4/c1-29-17-14(18-20(23)3-2-8(20)6-24-18)12(22)4-9-15(17)25(13-5-11(13)21)7-10(16(9)26)19(27)28/h4,7-8,11,13,18,24H,2-3,5-6,23H2,1H3,(H,27,28)/t8?,11-,13+,18?,20-/m0/s1. The van der Waals surface area contributed by atoms with Crippen molar-refractivity contribution in [2.45, 2.75) is 43.1 Å². The molecule has 1 saturated heterocycles. The Hall–Kier alpha value is -2.52. The summed E-state index contributed by atoms with van der Waals surface area (Å²) in [6.45, 7) is 0.654. The average Bonchev–Trinajstić information content (AvgIpc) is 3.35. The summed E-state index contributed by atoms with van der Waals surface area (Å²) in [5.74, 6) is -1.81. The summed E-state index contributed by atoms with van der Waals surface area (Å²) in [7, 11) is 1.36. The lowest BCUT2D eigenvalue weighted by Gasteiger charge is -2.45. The molecule has 2 heterocycles. The van der Waals surface area contributed by atoms with Crippen molar-refractivity contribution >= 4 is 16.9 Å². The van der Waals surface area contributed by atoms with Crippen molar-refractivity contribution in [2.75, 3.05) is 13.7 Å². The van der Waals surface area contributed by atoms with Gasteiger partial charge in [0.05, 0.1) is 35.7 Å². The topological polar surface area (TPSA) is 107 Å². The van der Waals surface area contributed by atoms with Crippen LogP contribution in [0.3, 0.4) is 0 Å². The molecule has 9 heteroatoms. The van der Waals surface area contributed by atoms with Gasteiger partial charge in [0.2, 0.25) is 5.43 Å². The number of nitrogens with one attached hydrogen (secondary N) is 1. The first kappa shape index (κ1) is 18.5.